The first-order valence-corrected chi connectivity index (χ1v) is 6.38. The van der Waals surface area contributed by atoms with Crippen LogP contribution in [0.3, 0.4) is 0 Å². The van der Waals surface area contributed by atoms with Crippen LogP contribution < -0.4 is 5.32 Å². The summed E-state index contributed by atoms with van der Waals surface area (Å²) in [5.74, 6) is 1.88. The van der Waals surface area contributed by atoms with E-state index >= 15 is 0 Å². The molecule has 7 nitrogen and oxygen atoms in total. The van der Waals surface area contributed by atoms with Crippen molar-refractivity contribution in [2.45, 2.75) is 29.9 Å². The zero-order chi connectivity index (χ0) is 13.1. The SMILES string of the molecule is CNc1cc(Sc2nnnn2C)nc(C(C)C)n1. The lowest BCUT2D eigenvalue weighted by molar-refractivity contribution is 0.663. The zero-order valence-corrected chi connectivity index (χ0v) is 11.6. The molecule has 18 heavy (non-hydrogen) atoms. The fraction of sp³-hybridized carbons (Fsp3) is 0.500. The van der Waals surface area contributed by atoms with Gasteiger partial charge >= 0.3 is 0 Å². The van der Waals surface area contributed by atoms with Crippen LogP contribution >= 0.6 is 11.8 Å². The number of tetrazole rings is 1. The van der Waals surface area contributed by atoms with Gasteiger partial charge in [0.1, 0.15) is 16.7 Å². The monoisotopic (exact) mass is 265 g/mol. The Balaban J connectivity index is 2.32. The second kappa shape index (κ2) is 5.30. The molecule has 8 heteroatoms. The molecule has 0 radical (unpaired) electrons. The van der Waals surface area contributed by atoms with Gasteiger partial charge in [0.25, 0.3) is 0 Å². The van der Waals surface area contributed by atoms with E-state index in [4.69, 9.17) is 0 Å². The summed E-state index contributed by atoms with van der Waals surface area (Å²) in [5.41, 5.74) is 0. The van der Waals surface area contributed by atoms with Gasteiger partial charge in [-0.05, 0) is 22.2 Å². The van der Waals surface area contributed by atoms with Gasteiger partial charge in [0.15, 0.2) is 0 Å². The number of aryl methyl sites for hydroxylation is 1. The van der Waals surface area contributed by atoms with E-state index < -0.39 is 0 Å². The standard InChI is InChI=1S/C10H15N7S/c1-6(2)9-12-7(11-3)5-8(13-9)18-10-14-15-16-17(10)4/h5-6H,1-4H3,(H,11,12,13). The van der Waals surface area contributed by atoms with Gasteiger partial charge in [-0.15, -0.1) is 5.10 Å². The molecule has 2 aromatic heterocycles. The first-order valence-electron chi connectivity index (χ1n) is 5.57. The molecule has 0 aliphatic rings. The Morgan fingerprint density at radius 3 is 2.67 bits per heavy atom. The minimum Gasteiger partial charge on any atom is -0.373 e. The third kappa shape index (κ3) is 2.76. The van der Waals surface area contributed by atoms with Crippen LogP contribution in [-0.4, -0.2) is 37.2 Å². The van der Waals surface area contributed by atoms with E-state index in [1.54, 1.807) is 11.7 Å². The minimum absolute atomic E-state index is 0.273. The number of nitrogens with one attached hydrogen (secondary N) is 1. The first-order chi connectivity index (χ1) is 8.60. The van der Waals surface area contributed by atoms with E-state index in [-0.39, 0.29) is 5.92 Å². The Labute approximate surface area is 109 Å². The van der Waals surface area contributed by atoms with Crippen LogP contribution in [0, 0.1) is 0 Å². The summed E-state index contributed by atoms with van der Waals surface area (Å²) in [7, 11) is 3.64. The molecule has 1 N–H and O–H groups in total. The van der Waals surface area contributed by atoms with Crippen molar-refractivity contribution in [3.63, 3.8) is 0 Å². The molecule has 0 saturated carbocycles. The smallest absolute Gasteiger partial charge is 0.215 e. The summed E-state index contributed by atoms with van der Waals surface area (Å²) in [6, 6.07) is 1.88. The summed E-state index contributed by atoms with van der Waals surface area (Å²) in [6.07, 6.45) is 0. The molecule has 2 aromatic rings. The van der Waals surface area contributed by atoms with Gasteiger partial charge in [0.05, 0.1) is 0 Å². The summed E-state index contributed by atoms with van der Waals surface area (Å²) in [5, 5.41) is 15.9. The third-order valence-corrected chi connectivity index (χ3v) is 3.22. The Bertz CT molecular complexity index is 537. The van der Waals surface area contributed by atoms with Crippen LogP contribution in [0.25, 0.3) is 0 Å². The molecule has 2 rings (SSSR count). The average molecular weight is 265 g/mol. The van der Waals surface area contributed by atoms with E-state index in [0.29, 0.717) is 5.16 Å². The minimum atomic E-state index is 0.273. The average Bonchev–Trinajstić information content (AvgIpc) is 2.74. The van der Waals surface area contributed by atoms with Crippen molar-refractivity contribution in [3.8, 4) is 0 Å². The van der Waals surface area contributed by atoms with Crippen molar-refractivity contribution in [3.05, 3.63) is 11.9 Å². The third-order valence-electron chi connectivity index (χ3n) is 2.27. The molecule has 0 aliphatic heterocycles. The van der Waals surface area contributed by atoms with Crippen molar-refractivity contribution in [2.75, 3.05) is 12.4 Å². The Kier molecular flexibility index (Phi) is 3.75. The van der Waals surface area contributed by atoms with Gasteiger partial charge in [-0.2, -0.15) is 0 Å². The highest BCUT2D eigenvalue weighted by molar-refractivity contribution is 7.99. The summed E-state index contributed by atoms with van der Waals surface area (Å²) in [6.45, 7) is 4.13. The summed E-state index contributed by atoms with van der Waals surface area (Å²) < 4.78 is 1.61. The fourth-order valence-corrected chi connectivity index (χ4v) is 2.03. The Hall–Kier alpha value is -1.70. The second-order valence-corrected chi connectivity index (χ2v) is 5.03. The van der Waals surface area contributed by atoms with E-state index in [1.165, 1.54) is 11.8 Å². The number of hydrogen-bond donors (Lipinski definition) is 1. The fourth-order valence-electron chi connectivity index (χ4n) is 1.28. The van der Waals surface area contributed by atoms with Gasteiger partial charge in [0.2, 0.25) is 5.16 Å². The highest BCUT2D eigenvalue weighted by Crippen LogP contribution is 2.26. The van der Waals surface area contributed by atoms with Crippen molar-refractivity contribution in [1.29, 1.82) is 0 Å². The number of anilines is 1. The number of aromatic nitrogens is 6. The quantitative estimate of drug-likeness (QED) is 0.835. The van der Waals surface area contributed by atoms with Crippen molar-refractivity contribution in [2.24, 2.45) is 7.05 Å². The molecule has 0 spiro atoms. The predicted molar refractivity (Wildman–Crippen MR) is 68.6 cm³/mol. The van der Waals surface area contributed by atoms with Gasteiger partial charge in [-0.25, -0.2) is 14.6 Å². The Morgan fingerprint density at radius 2 is 2.11 bits per heavy atom. The molecule has 0 atom stereocenters. The summed E-state index contributed by atoms with van der Waals surface area (Å²) >= 11 is 1.42. The van der Waals surface area contributed by atoms with E-state index in [2.05, 4.69) is 44.7 Å². The molecule has 0 saturated heterocycles. The highest BCUT2D eigenvalue weighted by Gasteiger charge is 2.11. The topological polar surface area (TPSA) is 81.4 Å². The number of nitrogens with zero attached hydrogens (tertiary/aromatic N) is 6. The first kappa shape index (κ1) is 12.7. The molecule has 2 heterocycles. The predicted octanol–water partition coefficient (Wildman–Crippen LogP) is 1.32. The van der Waals surface area contributed by atoms with Crippen LogP contribution in [0.2, 0.25) is 0 Å². The maximum Gasteiger partial charge on any atom is 0.215 e. The van der Waals surface area contributed by atoms with E-state index in [9.17, 15) is 0 Å². The molecule has 0 amide bonds. The lowest BCUT2D eigenvalue weighted by Crippen LogP contribution is -2.03. The number of rotatable bonds is 4. The van der Waals surface area contributed by atoms with Gasteiger partial charge in [-0.3, -0.25) is 0 Å². The van der Waals surface area contributed by atoms with Crippen molar-refractivity contribution in [1.82, 2.24) is 30.2 Å². The van der Waals surface area contributed by atoms with Gasteiger partial charge < -0.3 is 5.32 Å². The van der Waals surface area contributed by atoms with Crippen LogP contribution in [0.5, 0.6) is 0 Å². The molecular weight excluding hydrogens is 250 g/mol. The normalized spacial score (nSPS) is 10.9. The molecule has 0 aliphatic carbocycles. The Morgan fingerprint density at radius 1 is 1.33 bits per heavy atom. The van der Waals surface area contributed by atoms with Gasteiger partial charge in [0, 0.05) is 26.1 Å². The van der Waals surface area contributed by atoms with Crippen LogP contribution in [0.4, 0.5) is 5.82 Å². The molecule has 0 bridgehead atoms. The molecule has 96 valence electrons. The molecule has 0 unspecified atom stereocenters. The summed E-state index contributed by atoms with van der Waals surface area (Å²) in [4.78, 5) is 8.91. The molecule has 0 aromatic carbocycles. The lowest BCUT2D eigenvalue weighted by Gasteiger charge is -2.08. The molecule has 0 fully saturated rings. The maximum absolute atomic E-state index is 4.50. The van der Waals surface area contributed by atoms with Crippen LogP contribution in [0.15, 0.2) is 16.2 Å². The van der Waals surface area contributed by atoms with Crippen LogP contribution in [-0.2, 0) is 7.05 Å². The second-order valence-electron chi connectivity index (χ2n) is 4.04. The lowest BCUT2D eigenvalue weighted by atomic mass is 10.2. The highest BCUT2D eigenvalue weighted by atomic mass is 32.2. The largest absolute Gasteiger partial charge is 0.373 e. The zero-order valence-electron chi connectivity index (χ0n) is 10.7. The van der Waals surface area contributed by atoms with Crippen LogP contribution in [0.1, 0.15) is 25.6 Å². The number of hydrogen-bond acceptors (Lipinski definition) is 7. The van der Waals surface area contributed by atoms with Gasteiger partial charge in [-0.1, -0.05) is 13.8 Å². The van der Waals surface area contributed by atoms with Crippen molar-refractivity contribution < 1.29 is 0 Å². The maximum atomic E-state index is 4.50. The van der Waals surface area contributed by atoms with Crippen molar-refractivity contribution >= 4 is 17.6 Å². The molecular formula is C10H15N7S. The van der Waals surface area contributed by atoms with E-state index in [1.807, 2.05) is 13.1 Å². The van der Waals surface area contributed by atoms with E-state index in [0.717, 1.165) is 16.7 Å².